The highest BCUT2D eigenvalue weighted by Gasteiger charge is 2.17. The molecule has 0 aliphatic heterocycles. The molecule has 0 spiro atoms. The van der Waals surface area contributed by atoms with Crippen molar-refractivity contribution in [3.8, 4) is 0 Å². The molecule has 21 heavy (non-hydrogen) atoms. The molecule has 6 nitrogen and oxygen atoms in total. The van der Waals surface area contributed by atoms with Crippen LogP contribution in [0.15, 0.2) is 24.3 Å². The molecule has 7 heteroatoms. The molecule has 2 rings (SSSR count). The lowest BCUT2D eigenvalue weighted by Gasteiger charge is -2.17. The molecule has 1 heterocycles. The Hall–Kier alpha value is -1.99. The second kappa shape index (κ2) is 7.14. The third-order valence-electron chi connectivity index (χ3n) is 2.86. The van der Waals surface area contributed by atoms with E-state index in [1.54, 1.807) is 4.90 Å². The molecule has 0 aliphatic carbocycles. The second-order valence-corrected chi connectivity index (χ2v) is 5.49. The summed E-state index contributed by atoms with van der Waals surface area (Å²) in [5.74, 6) is -0.806. The van der Waals surface area contributed by atoms with Gasteiger partial charge in [0.2, 0.25) is 0 Å². The molecule has 0 saturated carbocycles. The maximum atomic E-state index is 11.4. The number of ether oxygens (including phenoxy) is 2. The molecule has 112 valence electrons. The number of hydrogen-bond acceptors (Lipinski definition) is 7. The monoisotopic (exact) mass is 308 g/mol. The van der Waals surface area contributed by atoms with Gasteiger partial charge >= 0.3 is 11.9 Å². The van der Waals surface area contributed by atoms with E-state index in [9.17, 15) is 9.59 Å². The molecule has 0 amide bonds. The summed E-state index contributed by atoms with van der Waals surface area (Å²) in [6.07, 6.45) is 0. The molecular weight excluding hydrogens is 292 g/mol. The Morgan fingerprint density at radius 3 is 2.33 bits per heavy atom. The summed E-state index contributed by atoms with van der Waals surface area (Å²) in [4.78, 5) is 29.0. The van der Waals surface area contributed by atoms with Gasteiger partial charge in [-0.2, -0.15) is 0 Å². The largest absolute Gasteiger partial charge is 0.468 e. The number of carbonyl (C=O) groups is 2. The van der Waals surface area contributed by atoms with Gasteiger partial charge in [-0.05, 0) is 12.1 Å². The summed E-state index contributed by atoms with van der Waals surface area (Å²) < 4.78 is 10.4. The number of nitrogens with zero attached hydrogens (tertiary/aromatic N) is 2. The van der Waals surface area contributed by atoms with Crippen LogP contribution in [0.4, 0.5) is 0 Å². The third kappa shape index (κ3) is 4.24. The zero-order valence-corrected chi connectivity index (χ0v) is 12.7. The molecule has 0 aliphatic rings. The Balaban J connectivity index is 2.12. The number of fused-ring (bicyclic) bond motifs is 1. The average molecular weight is 308 g/mol. The summed E-state index contributed by atoms with van der Waals surface area (Å²) in [6, 6.07) is 7.79. The van der Waals surface area contributed by atoms with Gasteiger partial charge in [0.25, 0.3) is 0 Å². The lowest BCUT2D eigenvalue weighted by Crippen LogP contribution is -2.35. The van der Waals surface area contributed by atoms with Crippen molar-refractivity contribution in [1.29, 1.82) is 0 Å². The first-order chi connectivity index (χ1) is 10.1. The van der Waals surface area contributed by atoms with Crippen LogP contribution in [0.3, 0.4) is 0 Å². The van der Waals surface area contributed by atoms with Crippen molar-refractivity contribution < 1.29 is 19.1 Å². The van der Waals surface area contributed by atoms with Gasteiger partial charge in [-0.1, -0.05) is 12.1 Å². The van der Waals surface area contributed by atoms with Crippen molar-refractivity contribution in [2.45, 2.75) is 6.54 Å². The number of rotatable bonds is 6. The predicted molar refractivity (Wildman–Crippen MR) is 78.9 cm³/mol. The first-order valence-electron chi connectivity index (χ1n) is 6.33. The maximum absolute atomic E-state index is 11.4. The van der Waals surface area contributed by atoms with Crippen LogP contribution in [0.2, 0.25) is 0 Å². The number of esters is 2. The fourth-order valence-electron chi connectivity index (χ4n) is 1.84. The lowest BCUT2D eigenvalue weighted by molar-refractivity contribution is -0.145. The molecule has 0 saturated heterocycles. The molecule has 0 bridgehead atoms. The van der Waals surface area contributed by atoms with Crippen molar-refractivity contribution >= 4 is 33.5 Å². The van der Waals surface area contributed by atoms with E-state index in [0.717, 1.165) is 15.2 Å². The smallest absolute Gasteiger partial charge is 0.319 e. The van der Waals surface area contributed by atoms with Crippen molar-refractivity contribution in [2.24, 2.45) is 0 Å². The highest BCUT2D eigenvalue weighted by molar-refractivity contribution is 7.18. The Kier molecular flexibility index (Phi) is 5.24. The van der Waals surface area contributed by atoms with Crippen LogP contribution in [0.25, 0.3) is 10.2 Å². The Labute approximate surface area is 126 Å². The van der Waals surface area contributed by atoms with Crippen molar-refractivity contribution in [1.82, 2.24) is 9.88 Å². The highest BCUT2D eigenvalue weighted by Crippen LogP contribution is 2.22. The van der Waals surface area contributed by atoms with Crippen LogP contribution < -0.4 is 0 Å². The van der Waals surface area contributed by atoms with E-state index in [4.69, 9.17) is 0 Å². The van der Waals surface area contributed by atoms with Gasteiger partial charge in [-0.25, -0.2) is 4.98 Å². The van der Waals surface area contributed by atoms with E-state index in [1.165, 1.54) is 25.6 Å². The van der Waals surface area contributed by atoms with E-state index in [-0.39, 0.29) is 13.1 Å². The molecule has 2 aromatic rings. The van der Waals surface area contributed by atoms with Crippen LogP contribution in [0, 0.1) is 0 Å². The summed E-state index contributed by atoms with van der Waals surface area (Å²) in [5, 5.41) is 0.837. The zero-order valence-electron chi connectivity index (χ0n) is 11.9. The third-order valence-corrected chi connectivity index (χ3v) is 3.88. The van der Waals surface area contributed by atoms with E-state index in [2.05, 4.69) is 14.5 Å². The maximum Gasteiger partial charge on any atom is 0.319 e. The molecular formula is C14H16N2O4S. The van der Waals surface area contributed by atoms with E-state index >= 15 is 0 Å². The van der Waals surface area contributed by atoms with Crippen LogP contribution in [-0.2, 0) is 25.6 Å². The van der Waals surface area contributed by atoms with Crippen LogP contribution in [0.5, 0.6) is 0 Å². The minimum absolute atomic E-state index is 0.0154. The summed E-state index contributed by atoms with van der Waals surface area (Å²) in [7, 11) is 2.63. The highest BCUT2D eigenvalue weighted by atomic mass is 32.1. The van der Waals surface area contributed by atoms with Crippen molar-refractivity contribution in [2.75, 3.05) is 27.3 Å². The summed E-state index contributed by atoms with van der Waals surface area (Å²) in [5.41, 5.74) is 0.911. The van der Waals surface area contributed by atoms with Gasteiger partial charge in [0.1, 0.15) is 5.01 Å². The SMILES string of the molecule is COC(=O)CN(CC(=O)OC)Cc1nc2ccccc2s1. The lowest BCUT2D eigenvalue weighted by atomic mass is 10.3. The fourth-order valence-corrected chi connectivity index (χ4v) is 2.85. The Morgan fingerprint density at radius 1 is 1.14 bits per heavy atom. The first kappa shape index (κ1) is 15.4. The van der Waals surface area contributed by atoms with Crippen LogP contribution >= 0.6 is 11.3 Å². The van der Waals surface area contributed by atoms with Crippen molar-refractivity contribution in [3.05, 3.63) is 29.3 Å². The van der Waals surface area contributed by atoms with Gasteiger partial charge in [-0.3, -0.25) is 14.5 Å². The quantitative estimate of drug-likeness (QED) is 0.752. The number of hydrogen-bond donors (Lipinski definition) is 0. The molecule has 1 aromatic heterocycles. The summed E-state index contributed by atoms with van der Waals surface area (Å²) in [6.45, 7) is 0.423. The standard InChI is InChI=1S/C14H16N2O4S/c1-19-13(17)8-16(9-14(18)20-2)7-12-15-10-5-3-4-6-11(10)21-12/h3-6H,7-9H2,1-2H3. The number of thiazole rings is 1. The molecule has 0 atom stereocenters. The van der Waals surface area contributed by atoms with Crippen LogP contribution in [-0.4, -0.2) is 49.1 Å². The Morgan fingerprint density at radius 2 is 1.76 bits per heavy atom. The number of benzene rings is 1. The molecule has 0 radical (unpaired) electrons. The number of aromatic nitrogens is 1. The second-order valence-electron chi connectivity index (χ2n) is 4.37. The van der Waals surface area contributed by atoms with Gasteiger partial charge < -0.3 is 9.47 Å². The average Bonchev–Trinajstić information content (AvgIpc) is 2.88. The fraction of sp³-hybridized carbons (Fsp3) is 0.357. The molecule has 0 unspecified atom stereocenters. The van der Waals surface area contributed by atoms with E-state index < -0.39 is 11.9 Å². The minimum atomic E-state index is -0.403. The van der Waals surface area contributed by atoms with Gasteiger partial charge in [0.15, 0.2) is 0 Å². The Bertz CT molecular complexity index is 590. The van der Waals surface area contributed by atoms with Gasteiger partial charge in [0, 0.05) is 0 Å². The van der Waals surface area contributed by atoms with Gasteiger partial charge in [0.05, 0.1) is 44.1 Å². The first-order valence-corrected chi connectivity index (χ1v) is 7.14. The molecule has 0 fully saturated rings. The normalized spacial score (nSPS) is 10.8. The topological polar surface area (TPSA) is 68.7 Å². The van der Waals surface area contributed by atoms with Gasteiger partial charge in [-0.15, -0.1) is 11.3 Å². The molecule has 1 aromatic carbocycles. The van der Waals surface area contributed by atoms with Crippen LogP contribution in [0.1, 0.15) is 5.01 Å². The molecule has 0 N–H and O–H groups in total. The van der Waals surface area contributed by atoms with Crippen molar-refractivity contribution in [3.63, 3.8) is 0 Å². The van der Waals surface area contributed by atoms with E-state index in [0.29, 0.717) is 6.54 Å². The number of carbonyl (C=O) groups excluding carboxylic acids is 2. The zero-order chi connectivity index (χ0) is 15.2. The predicted octanol–water partition coefficient (Wildman–Crippen LogP) is 1.44. The summed E-state index contributed by atoms with van der Waals surface area (Å²) >= 11 is 1.54. The minimum Gasteiger partial charge on any atom is -0.468 e. The number of para-hydroxylation sites is 1. The number of methoxy groups -OCH3 is 2. The van der Waals surface area contributed by atoms with E-state index in [1.807, 2.05) is 24.3 Å².